The smallest absolute Gasteiger partial charge is 0.125 e. The molecule has 1 saturated heterocycles. The van der Waals surface area contributed by atoms with Crippen molar-refractivity contribution in [1.82, 2.24) is 0 Å². The van der Waals surface area contributed by atoms with Crippen molar-refractivity contribution in [3.05, 3.63) is 30.1 Å². The molecule has 1 aromatic carbocycles. The highest BCUT2D eigenvalue weighted by atomic mass is 19.1. The summed E-state index contributed by atoms with van der Waals surface area (Å²) in [6.45, 7) is 1.60. The number of hydrogen-bond acceptors (Lipinski definition) is 3. The molecule has 4 heteroatoms. The third-order valence-corrected chi connectivity index (χ3v) is 2.51. The van der Waals surface area contributed by atoms with Crippen molar-refractivity contribution >= 4 is 5.69 Å². The molecule has 1 heterocycles. The maximum absolute atomic E-state index is 12.9. The van der Waals surface area contributed by atoms with Gasteiger partial charge in [0.25, 0.3) is 0 Å². The van der Waals surface area contributed by atoms with E-state index in [1.165, 1.54) is 12.1 Å². The molecule has 0 spiro atoms. The van der Waals surface area contributed by atoms with E-state index < -0.39 is 0 Å². The standard InChI is InChI=1S/C10H13FN2O/c11-8-2-1-3-9(6-8)13-5-4-10(7-13)14-12/h1-3,6,10H,4-5,7,12H2. The highest BCUT2D eigenvalue weighted by Crippen LogP contribution is 2.21. The van der Waals surface area contributed by atoms with Gasteiger partial charge in [-0.25, -0.2) is 10.3 Å². The summed E-state index contributed by atoms with van der Waals surface area (Å²) in [5.74, 6) is 4.89. The minimum Gasteiger partial charge on any atom is -0.369 e. The summed E-state index contributed by atoms with van der Waals surface area (Å²) in [7, 11) is 0. The first-order valence-corrected chi connectivity index (χ1v) is 4.65. The average molecular weight is 196 g/mol. The molecule has 3 nitrogen and oxygen atoms in total. The first-order valence-electron chi connectivity index (χ1n) is 4.65. The minimum absolute atomic E-state index is 0.0678. The van der Waals surface area contributed by atoms with Gasteiger partial charge in [-0.15, -0.1) is 0 Å². The highest BCUT2D eigenvalue weighted by molar-refractivity contribution is 5.47. The maximum Gasteiger partial charge on any atom is 0.125 e. The number of nitrogens with zero attached hydrogens (tertiary/aromatic N) is 1. The second-order valence-electron chi connectivity index (χ2n) is 3.47. The summed E-state index contributed by atoms with van der Waals surface area (Å²) in [4.78, 5) is 6.83. The van der Waals surface area contributed by atoms with Crippen LogP contribution in [-0.2, 0) is 4.84 Å². The fourth-order valence-corrected chi connectivity index (χ4v) is 1.75. The van der Waals surface area contributed by atoms with Crippen LogP contribution in [0.2, 0.25) is 0 Å². The van der Waals surface area contributed by atoms with Crippen LogP contribution >= 0.6 is 0 Å². The Labute approximate surface area is 82.2 Å². The molecule has 14 heavy (non-hydrogen) atoms. The van der Waals surface area contributed by atoms with Crippen LogP contribution in [0, 0.1) is 5.82 Å². The van der Waals surface area contributed by atoms with Crippen LogP contribution < -0.4 is 10.8 Å². The predicted molar refractivity (Wildman–Crippen MR) is 52.3 cm³/mol. The molecule has 0 bridgehead atoms. The van der Waals surface area contributed by atoms with E-state index in [0.29, 0.717) is 0 Å². The van der Waals surface area contributed by atoms with Crippen molar-refractivity contribution in [2.24, 2.45) is 5.90 Å². The van der Waals surface area contributed by atoms with E-state index in [2.05, 4.69) is 4.90 Å². The van der Waals surface area contributed by atoms with E-state index in [-0.39, 0.29) is 11.9 Å². The van der Waals surface area contributed by atoms with Crippen molar-refractivity contribution in [2.75, 3.05) is 18.0 Å². The number of nitrogens with two attached hydrogens (primary N) is 1. The van der Waals surface area contributed by atoms with Gasteiger partial charge in [-0.3, -0.25) is 4.84 Å². The Morgan fingerprint density at radius 2 is 2.36 bits per heavy atom. The summed E-state index contributed by atoms with van der Waals surface area (Å²) < 4.78 is 12.9. The second kappa shape index (κ2) is 3.94. The third kappa shape index (κ3) is 1.86. The average Bonchev–Trinajstić information content (AvgIpc) is 2.66. The van der Waals surface area contributed by atoms with Gasteiger partial charge < -0.3 is 4.90 Å². The van der Waals surface area contributed by atoms with E-state index in [4.69, 9.17) is 10.7 Å². The van der Waals surface area contributed by atoms with Gasteiger partial charge in [0.05, 0.1) is 6.10 Å². The van der Waals surface area contributed by atoms with Crippen LogP contribution in [0.1, 0.15) is 6.42 Å². The van der Waals surface area contributed by atoms with E-state index in [1.54, 1.807) is 6.07 Å². The van der Waals surface area contributed by atoms with Crippen LogP contribution in [0.15, 0.2) is 24.3 Å². The lowest BCUT2D eigenvalue weighted by molar-refractivity contribution is 0.0690. The van der Waals surface area contributed by atoms with Crippen LogP contribution in [0.25, 0.3) is 0 Å². The van der Waals surface area contributed by atoms with E-state index >= 15 is 0 Å². The Morgan fingerprint density at radius 1 is 1.50 bits per heavy atom. The largest absolute Gasteiger partial charge is 0.369 e. The van der Waals surface area contributed by atoms with Gasteiger partial charge in [0.15, 0.2) is 0 Å². The first kappa shape index (κ1) is 9.43. The van der Waals surface area contributed by atoms with Crippen LogP contribution in [-0.4, -0.2) is 19.2 Å². The van der Waals surface area contributed by atoms with Crippen LogP contribution in [0.5, 0.6) is 0 Å². The number of anilines is 1. The molecular weight excluding hydrogens is 183 g/mol. The number of halogens is 1. The van der Waals surface area contributed by atoms with Crippen LogP contribution in [0.4, 0.5) is 10.1 Å². The Morgan fingerprint density at radius 3 is 3.00 bits per heavy atom. The Bertz CT molecular complexity index is 319. The summed E-state index contributed by atoms with van der Waals surface area (Å²) in [6, 6.07) is 6.57. The topological polar surface area (TPSA) is 38.5 Å². The van der Waals surface area contributed by atoms with Gasteiger partial charge in [0.1, 0.15) is 5.82 Å². The molecule has 1 aromatic rings. The molecule has 1 unspecified atom stereocenters. The fourth-order valence-electron chi connectivity index (χ4n) is 1.75. The zero-order valence-corrected chi connectivity index (χ0v) is 7.82. The molecule has 2 rings (SSSR count). The van der Waals surface area contributed by atoms with E-state index in [9.17, 15) is 4.39 Å². The van der Waals surface area contributed by atoms with Gasteiger partial charge >= 0.3 is 0 Å². The molecule has 0 amide bonds. The molecule has 0 aliphatic carbocycles. The quantitative estimate of drug-likeness (QED) is 0.724. The summed E-state index contributed by atoms with van der Waals surface area (Å²) in [5.41, 5.74) is 0.893. The predicted octanol–water partition coefficient (Wildman–Crippen LogP) is 1.29. The normalized spacial score (nSPS) is 21.6. The summed E-state index contributed by atoms with van der Waals surface area (Å²) in [5, 5.41) is 0. The molecular formula is C10H13FN2O. The van der Waals surface area contributed by atoms with E-state index in [1.807, 2.05) is 6.07 Å². The van der Waals surface area contributed by atoms with Gasteiger partial charge in [-0.05, 0) is 24.6 Å². The molecule has 1 aliphatic heterocycles. The molecule has 2 N–H and O–H groups in total. The number of hydrogen-bond donors (Lipinski definition) is 1. The Hall–Kier alpha value is -1.13. The first-order chi connectivity index (χ1) is 6.79. The van der Waals surface area contributed by atoms with Gasteiger partial charge in [0, 0.05) is 18.8 Å². The Balaban J connectivity index is 2.09. The monoisotopic (exact) mass is 196 g/mol. The molecule has 0 aromatic heterocycles. The third-order valence-electron chi connectivity index (χ3n) is 2.51. The highest BCUT2D eigenvalue weighted by Gasteiger charge is 2.22. The van der Waals surface area contributed by atoms with E-state index in [0.717, 1.165) is 25.2 Å². The second-order valence-corrected chi connectivity index (χ2v) is 3.47. The van der Waals surface area contributed by atoms with Gasteiger partial charge in [-0.2, -0.15) is 0 Å². The van der Waals surface area contributed by atoms with Crippen molar-refractivity contribution in [3.8, 4) is 0 Å². The number of rotatable bonds is 2. The molecule has 1 fully saturated rings. The zero-order chi connectivity index (χ0) is 9.97. The molecule has 0 saturated carbocycles. The van der Waals surface area contributed by atoms with Crippen molar-refractivity contribution in [1.29, 1.82) is 0 Å². The maximum atomic E-state index is 12.9. The number of benzene rings is 1. The lowest BCUT2D eigenvalue weighted by Crippen LogP contribution is -2.24. The van der Waals surface area contributed by atoms with Gasteiger partial charge in [0.2, 0.25) is 0 Å². The molecule has 1 atom stereocenters. The SMILES string of the molecule is NOC1CCN(c2cccc(F)c2)C1. The summed E-state index contributed by atoms with van der Waals surface area (Å²) >= 11 is 0. The van der Waals surface area contributed by atoms with Crippen LogP contribution in [0.3, 0.4) is 0 Å². The molecule has 76 valence electrons. The van der Waals surface area contributed by atoms with Crippen molar-refractivity contribution in [2.45, 2.75) is 12.5 Å². The molecule has 0 radical (unpaired) electrons. The van der Waals surface area contributed by atoms with Gasteiger partial charge in [-0.1, -0.05) is 6.07 Å². The minimum atomic E-state index is -0.209. The van der Waals surface area contributed by atoms with Crippen molar-refractivity contribution in [3.63, 3.8) is 0 Å². The molecule has 1 aliphatic rings. The Kier molecular flexibility index (Phi) is 2.65. The van der Waals surface area contributed by atoms with Crippen molar-refractivity contribution < 1.29 is 9.23 Å². The zero-order valence-electron chi connectivity index (χ0n) is 7.82. The lowest BCUT2D eigenvalue weighted by atomic mass is 10.3. The lowest BCUT2D eigenvalue weighted by Gasteiger charge is -2.17. The summed E-state index contributed by atoms with van der Waals surface area (Å²) in [6.07, 6.45) is 0.964. The fraction of sp³-hybridized carbons (Fsp3) is 0.400.